The molecule has 14 heavy (non-hydrogen) atoms. The maximum Gasteiger partial charge on any atom is 0.325 e. The normalized spacial score (nSPS) is 14.7. The molecule has 3 nitrogen and oxygen atoms in total. The van der Waals surface area contributed by atoms with Gasteiger partial charge in [0, 0.05) is 0 Å². The summed E-state index contributed by atoms with van der Waals surface area (Å²) in [7, 11) is 3.49. The van der Waals surface area contributed by atoms with Crippen molar-refractivity contribution in [1.82, 2.24) is 4.90 Å². The molecule has 0 rings (SSSR count). The first-order valence-electron chi connectivity index (χ1n) is 4.35. The fourth-order valence-electron chi connectivity index (χ4n) is 1.20. The van der Waals surface area contributed by atoms with Crippen LogP contribution in [0.1, 0.15) is 6.92 Å². The number of allylic oxidation sites excluding steroid dienone is 4. The van der Waals surface area contributed by atoms with Gasteiger partial charge < -0.3 is 5.11 Å². The van der Waals surface area contributed by atoms with Crippen LogP contribution in [0, 0.1) is 0 Å². The Kier molecular flexibility index (Phi) is 5.56. The second kappa shape index (κ2) is 6.16. The molecular weight excluding hydrogens is 178 g/mol. The third-order valence-electron chi connectivity index (χ3n) is 1.79. The Hall–Kier alpha value is -1.35. The first-order valence-corrected chi connectivity index (χ1v) is 4.35. The van der Waals surface area contributed by atoms with Gasteiger partial charge in [-0.1, -0.05) is 30.9 Å². The maximum absolute atomic E-state index is 10.9. The van der Waals surface area contributed by atoms with E-state index in [9.17, 15) is 4.79 Å². The van der Waals surface area contributed by atoms with Gasteiger partial charge in [-0.05, 0) is 26.6 Å². The van der Waals surface area contributed by atoms with Gasteiger partial charge in [0.1, 0.15) is 6.04 Å². The number of likely N-dealkylation sites (N-methyl/N-ethyl adjacent to an activating group) is 1. The third kappa shape index (κ3) is 4.05. The molecule has 0 spiro atoms. The maximum atomic E-state index is 10.9. The number of rotatable bonds is 5. The summed E-state index contributed by atoms with van der Waals surface area (Å²) in [5.41, 5.74) is 0.792. The van der Waals surface area contributed by atoms with E-state index >= 15 is 0 Å². The molecular formula is C11H17NO2. The lowest BCUT2D eigenvalue weighted by Crippen LogP contribution is -2.36. The van der Waals surface area contributed by atoms with Crippen molar-refractivity contribution in [2.45, 2.75) is 13.0 Å². The van der Waals surface area contributed by atoms with Gasteiger partial charge in [-0.3, -0.25) is 9.69 Å². The lowest BCUT2D eigenvalue weighted by Gasteiger charge is -2.20. The van der Waals surface area contributed by atoms with Crippen LogP contribution in [0.25, 0.3) is 0 Å². The minimum absolute atomic E-state index is 0.565. The van der Waals surface area contributed by atoms with Crippen molar-refractivity contribution in [3.8, 4) is 0 Å². The zero-order chi connectivity index (χ0) is 11.1. The summed E-state index contributed by atoms with van der Waals surface area (Å²) < 4.78 is 0. The molecule has 0 fully saturated rings. The van der Waals surface area contributed by atoms with Gasteiger partial charge in [0.2, 0.25) is 0 Å². The minimum atomic E-state index is -0.837. The SMILES string of the molecule is C=C/C=C\C=C(/C)[C@H](C(=O)O)N(C)C. The van der Waals surface area contributed by atoms with Gasteiger partial charge in [0.25, 0.3) is 0 Å². The highest BCUT2D eigenvalue weighted by atomic mass is 16.4. The van der Waals surface area contributed by atoms with Crippen molar-refractivity contribution in [1.29, 1.82) is 0 Å². The van der Waals surface area contributed by atoms with Gasteiger partial charge >= 0.3 is 5.97 Å². The molecule has 0 aromatic heterocycles. The molecule has 0 aliphatic rings. The Morgan fingerprint density at radius 3 is 2.36 bits per heavy atom. The molecule has 0 bridgehead atoms. The van der Waals surface area contributed by atoms with Crippen molar-refractivity contribution in [3.05, 3.63) is 36.5 Å². The molecule has 1 N–H and O–H groups in total. The van der Waals surface area contributed by atoms with Crippen LogP contribution in [0.3, 0.4) is 0 Å². The highest BCUT2D eigenvalue weighted by Crippen LogP contribution is 2.07. The fraction of sp³-hybridized carbons (Fsp3) is 0.364. The van der Waals surface area contributed by atoms with E-state index in [1.165, 1.54) is 0 Å². The van der Waals surface area contributed by atoms with Gasteiger partial charge in [0.05, 0.1) is 0 Å². The molecule has 0 heterocycles. The topological polar surface area (TPSA) is 40.5 Å². The molecule has 78 valence electrons. The van der Waals surface area contributed by atoms with E-state index < -0.39 is 12.0 Å². The minimum Gasteiger partial charge on any atom is -0.480 e. The van der Waals surface area contributed by atoms with Crippen LogP contribution in [0.2, 0.25) is 0 Å². The summed E-state index contributed by atoms with van der Waals surface area (Å²) in [6.07, 6.45) is 6.97. The molecule has 0 radical (unpaired) electrons. The Labute approximate surface area is 85.0 Å². The van der Waals surface area contributed by atoms with Crippen LogP contribution in [0.4, 0.5) is 0 Å². The molecule has 0 aliphatic heterocycles. The number of carbonyl (C=O) groups is 1. The zero-order valence-electron chi connectivity index (χ0n) is 8.90. The van der Waals surface area contributed by atoms with Crippen molar-refractivity contribution < 1.29 is 9.90 Å². The number of hydrogen-bond acceptors (Lipinski definition) is 2. The molecule has 0 saturated heterocycles. The summed E-state index contributed by atoms with van der Waals surface area (Å²) in [6, 6.07) is -0.565. The molecule has 0 saturated carbocycles. The van der Waals surface area contributed by atoms with E-state index in [1.54, 1.807) is 50.2 Å². The van der Waals surface area contributed by atoms with Crippen LogP contribution in [0.5, 0.6) is 0 Å². The quantitative estimate of drug-likeness (QED) is 0.679. The second-order valence-electron chi connectivity index (χ2n) is 3.24. The van der Waals surface area contributed by atoms with Gasteiger partial charge in [-0.2, -0.15) is 0 Å². The predicted octanol–water partition coefficient (Wildman–Crippen LogP) is 1.69. The monoisotopic (exact) mass is 195 g/mol. The highest BCUT2D eigenvalue weighted by molar-refractivity contribution is 5.77. The number of hydrogen-bond donors (Lipinski definition) is 1. The number of nitrogens with zero attached hydrogens (tertiary/aromatic N) is 1. The first kappa shape index (κ1) is 12.7. The van der Waals surface area contributed by atoms with E-state index in [0.717, 1.165) is 5.57 Å². The van der Waals surface area contributed by atoms with Gasteiger partial charge in [-0.25, -0.2) is 0 Å². The van der Waals surface area contributed by atoms with E-state index in [4.69, 9.17) is 5.11 Å². The first-order chi connectivity index (χ1) is 6.50. The van der Waals surface area contributed by atoms with E-state index in [1.807, 2.05) is 0 Å². The Morgan fingerprint density at radius 1 is 1.43 bits per heavy atom. The molecule has 0 aromatic carbocycles. The Bertz CT molecular complexity index is 264. The van der Waals surface area contributed by atoms with Gasteiger partial charge in [0.15, 0.2) is 0 Å². The molecule has 3 heteroatoms. The average molecular weight is 195 g/mol. The number of carboxylic acids is 1. The van der Waals surface area contributed by atoms with Gasteiger partial charge in [-0.15, -0.1) is 0 Å². The number of carboxylic acid groups (broad SMARTS) is 1. The molecule has 0 aromatic rings. The summed E-state index contributed by atoms with van der Waals surface area (Å²) in [4.78, 5) is 12.6. The molecule has 1 atom stereocenters. The van der Waals surface area contributed by atoms with Crippen molar-refractivity contribution in [2.75, 3.05) is 14.1 Å². The van der Waals surface area contributed by atoms with E-state index in [2.05, 4.69) is 6.58 Å². The van der Waals surface area contributed by atoms with Crippen LogP contribution < -0.4 is 0 Å². The molecule has 0 amide bonds. The summed E-state index contributed by atoms with van der Waals surface area (Å²) >= 11 is 0. The Balaban J connectivity index is 4.67. The smallest absolute Gasteiger partial charge is 0.325 e. The predicted molar refractivity (Wildman–Crippen MR) is 58.2 cm³/mol. The second-order valence-corrected chi connectivity index (χ2v) is 3.24. The summed E-state index contributed by atoms with van der Waals surface area (Å²) in [6.45, 7) is 5.33. The standard InChI is InChI=1S/C11H17NO2/c1-5-6-7-8-9(2)10(11(13)14)12(3)4/h5-8,10H,1H2,2-4H3,(H,13,14)/b7-6-,9-8+/t10-/m1/s1. The third-order valence-corrected chi connectivity index (χ3v) is 1.79. The van der Waals surface area contributed by atoms with E-state index in [-0.39, 0.29) is 0 Å². The summed E-state index contributed by atoms with van der Waals surface area (Å²) in [5.74, 6) is -0.837. The molecule has 0 aliphatic carbocycles. The lowest BCUT2D eigenvalue weighted by molar-refractivity contribution is -0.140. The molecule has 0 unspecified atom stereocenters. The fourth-order valence-corrected chi connectivity index (χ4v) is 1.20. The van der Waals surface area contributed by atoms with Crippen LogP contribution in [-0.2, 0) is 4.79 Å². The van der Waals surface area contributed by atoms with E-state index in [0.29, 0.717) is 0 Å². The number of aliphatic carboxylic acids is 1. The Morgan fingerprint density at radius 2 is 2.00 bits per heavy atom. The highest BCUT2D eigenvalue weighted by Gasteiger charge is 2.20. The van der Waals surface area contributed by atoms with Crippen molar-refractivity contribution >= 4 is 5.97 Å². The van der Waals surface area contributed by atoms with Crippen molar-refractivity contribution in [2.24, 2.45) is 0 Å². The lowest BCUT2D eigenvalue weighted by atomic mass is 10.1. The van der Waals surface area contributed by atoms with Crippen molar-refractivity contribution in [3.63, 3.8) is 0 Å². The largest absolute Gasteiger partial charge is 0.480 e. The van der Waals surface area contributed by atoms with Crippen LogP contribution in [-0.4, -0.2) is 36.1 Å². The van der Waals surface area contributed by atoms with Crippen LogP contribution >= 0.6 is 0 Å². The average Bonchev–Trinajstić information content (AvgIpc) is 2.03. The summed E-state index contributed by atoms with van der Waals surface area (Å²) in [5, 5.41) is 8.94. The van der Waals surface area contributed by atoms with Crippen LogP contribution in [0.15, 0.2) is 36.5 Å². The zero-order valence-corrected chi connectivity index (χ0v) is 8.90.